The molecule has 0 saturated heterocycles. The van der Waals surface area contributed by atoms with E-state index in [4.69, 9.17) is 0 Å². The van der Waals surface area contributed by atoms with Crippen molar-refractivity contribution >= 4 is 11.4 Å². The van der Waals surface area contributed by atoms with Gasteiger partial charge >= 0.3 is 0 Å². The monoisotopic (exact) mass is 442 g/mol. The second kappa shape index (κ2) is 12.5. The van der Waals surface area contributed by atoms with Crippen LogP contribution in [0.1, 0.15) is 73.6 Å². The summed E-state index contributed by atoms with van der Waals surface area (Å²) in [7, 11) is 8.37. The third-order valence-corrected chi connectivity index (χ3v) is 6.62. The lowest BCUT2D eigenvalue weighted by Gasteiger charge is -2.22. The van der Waals surface area contributed by atoms with Crippen molar-refractivity contribution in [2.45, 2.75) is 57.8 Å². The van der Waals surface area contributed by atoms with Gasteiger partial charge < -0.3 is 9.80 Å². The van der Waals surface area contributed by atoms with Crippen molar-refractivity contribution in [2.75, 3.05) is 38.0 Å². The van der Waals surface area contributed by atoms with Gasteiger partial charge in [0.25, 0.3) is 0 Å². The molecule has 0 aliphatic heterocycles. The molecule has 176 valence electrons. The van der Waals surface area contributed by atoms with Crippen LogP contribution < -0.4 is 9.80 Å². The van der Waals surface area contributed by atoms with E-state index in [9.17, 15) is 0 Å². The van der Waals surface area contributed by atoms with Gasteiger partial charge in [0, 0.05) is 45.5 Å². The van der Waals surface area contributed by atoms with Crippen LogP contribution in [0.4, 0.5) is 11.4 Å². The number of benzene rings is 3. The Bertz CT molecular complexity index is 886. The largest absolute Gasteiger partial charge is 0.378 e. The Labute approximate surface area is 202 Å². The van der Waals surface area contributed by atoms with Crippen LogP contribution in [0, 0.1) is 0 Å². The highest BCUT2D eigenvalue weighted by molar-refractivity contribution is 5.53. The van der Waals surface area contributed by atoms with Gasteiger partial charge in [-0.25, -0.2) is 0 Å². The highest BCUT2D eigenvalue weighted by Crippen LogP contribution is 2.34. The highest BCUT2D eigenvalue weighted by Gasteiger charge is 2.17. The van der Waals surface area contributed by atoms with Gasteiger partial charge in [0.1, 0.15) is 0 Å². The molecule has 3 aromatic rings. The second-order valence-corrected chi connectivity index (χ2v) is 9.66. The van der Waals surface area contributed by atoms with E-state index in [0.717, 1.165) is 0 Å². The van der Waals surface area contributed by atoms with E-state index < -0.39 is 0 Å². The minimum atomic E-state index is 0.237. The predicted octanol–water partition coefficient (Wildman–Crippen LogP) is 7.90. The average Bonchev–Trinajstić information content (AvgIpc) is 2.83. The molecule has 0 aliphatic carbocycles. The van der Waals surface area contributed by atoms with Gasteiger partial charge in [-0.3, -0.25) is 0 Å². The van der Waals surface area contributed by atoms with Crippen LogP contribution >= 0.6 is 0 Å². The molecule has 0 aromatic heterocycles. The summed E-state index contributed by atoms with van der Waals surface area (Å²) in [5, 5.41) is 0. The highest BCUT2D eigenvalue weighted by atomic mass is 15.1. The Balaban J connectivity index is 1.80. The molecule has 33 heavy (non-hydrogen) atoms. The summed E-state index contributed by atoms with van der Waals surface area (Å²) in [5.41, 5.74) is 7.95. The maximum absolute atomic E-state index is 2.34. The van der Waals surface area contributed by atoms with E-state index in [0.29, 0.717) is 0 Å². The van der Waals surface area contributed by atoms with E-state index in [1.54, 1.807) is 0 Å². The fourth-order valence-corrected chi connectivity index (χ4v) is 4.49. The average molecular weight is 443 g/mol. The second-order valence-electron chi connectivity index (χ2n) is 9.66. The zero-order valence-electron chi connectivity index (χ0n) is 21.3. The summed E-state index contributed by atoms with van der Waals surface area (Å²) in [6, 6.07) is 27.4. The molecule has 2 nitrogen and oxygen atoms in total. The predicted molar refractivity (Wildman–Crippen MR) is 146 cm³/mol. The van der Waals surface area contributed by atoms with Crippen LogP contribution in [0.25, 0.3) is 0 Å². The lowest BCUT2D eigenvalue weighted by Crippen LogP contribution is -2.10. The fourth-order valence-electron chi connectivity index (χ4n) is 4.49. The smallest absolute Gasteiger partial charge is 0.0361 e. The van der Waals surface area contributed by atoms with E-state index >= 15 is 0 Å². The molecule has 3 rings (SSSR count). The third-order valence-electron chi connectivity index (χ3n) is 6.62. The Morgan fingerprint density at radius 1 is 0.515 bits per heavy atom. The van der Waals surface area contributed by atoms with Gasteiger partial charge in [0.2, 0.25) is 0 Å². The number of hydrogen-bond donors (Lipinski definition) is 0. The Hall–Kier alpha value is -2.74. The van der Waals surface area contributed by atoms with Gasteiger partial charge in [-0.2, -0.15) is 0 Å². The molecule has 0 amide bonds. The first kappa shape index (κ1) is 24.9. The number of rotatable bonds is 12. The molecule has 0 N–H and O–H groups in total. The molecular weight excluding hydrogens is 400 g/mol. The Morgan fingerprint density at radius 3 is 1.33 bits per heavy atom. The van der Waals surface area contributed by atoms with Crippen molar-refractivity contribution in [3.8, 4) is 0 Å². The molecule has 0 fully saturated rings. The first-order chi connectivity index (χ1) is 16.0. The standard InChI is InChI=1S/C31H42N2/c1-6-7-8-9-10-11-12-25-13-15-26(16-14-25)31(27-17-21-29(22-18-27)32(2)3)28-19-23-30(24-20-28)33(4)5/h13-24,31H,6-12H2,1-5H3. The zero-order chi connectivity index (χ0) is 23.6. The van der Waals surface area contributed by atoms with Gasteiger partial charge in [0.05, 0.1) is 0 Å². The molecule has 0 unspecified atom stereocenters. The molecule has 0 atom stereocenters. The quantitative estimate of drug-likeness (QED) is 0.208. The molecular formula is C31H42N2. The molecule has 3 aromatic carbocycles. The number of unbranched alkanes of at least 4 members (excludes halogenated alkanes) is 5. The van der Waals surface area contributed by atoms with Crippen molar-refractivity contribution in [2.24, 2.45) is 0 Å². The topological polar surface area (TPSA) is 6.48 Å². The summed E-state index contributed by atoms with van der Waals surface area (Å²) in [6.45, 7) is 2.28. The first-order valence-electron chi connectivity index (χ1n) is 12.6. The van der Waals surface area contributed by atoms with Crippen LogP contribution in [0.15, 0.2) is 72.8 Å². The molecule has 0 aliphatic rings. The summed E-state index contributed by atoms with van der Waals surface area (Å²) in [5.74, 6) is 0.237. The zero-order valence-corrected chi connectivity index (χ0v) is 21.3. The van der Waals surface area contributed by atoms with Gasteiger partial charge in [-0.15, -0.1) is 0 Å². The lowest BCUT2D eigenvalue weighted by atomic mass is 9.84. The fraction of sp³-hybridized carbons (Fsp3) is 0.419. The van der Waals surface area contributed by atoms with Crippen LogP contribution in [0.3, 0.4) is 0 Å². The maximum atomic E-state index is 2.34. The third kappa shape index (κ3) is 7.12. The van der Waals surface area contributed by atoms with Crippen molar-refractivity contribution in [1.82, 2.24) is 0 Å². The number of aryl methyl sites for hydroxylation is 1. The minimum Gasteiger partial charge on any atom is -0.378 e. The number of anilines is 2. The van der Waals surface area contributed by atoms with Crippen LogP contribution in [0.5, 0.6) is 0 Å². The van der Waals surface area contributed by atoms with Crippen molar-refractivity contribution in [3.05, 3.63) is 95.1 Å². The molecule has 2 heteroatoms. The normalized spacial score (nSPS) is 11.1. The van der Waals surface area contributed by atoms with E-state index in [1.807, 2.05) is 0 Å². The maximum Gasteiger partial charge on any atom is 0.0361 e. The van der Waals surface area contributed by atoms with Crippen molar-refractivity contribution in [3.63, 3.8) is 0 Å². The van der Waals surface area contributed by atoms with E-state index in [-0.39, 0.29) is 5.92 Å². The summed E-state index contributed by atoms with van der Waals surface area (Å²) < 4.78 is 0. The van der Waals surface area contributed by atoms with E-state index in [2.05, 4.69) is 118 Å². The van der Waals surface area contributed by atoms with Crippen molar-refractivity contribution in [1.29, 1.82) is 0 Å². The van der Waals surface area contributed by atoms with Crippen LogP contribution in [-0.2, 0) is 6.42 Å². The Kier molecular flexibility index (Phi) is 9.42. The van der Waals surface area contributed by atoms with Gasteiger partial charge in [-0.1, -0.05) is 87.6 Å². The number of hydrogen-bond acceptors (Lipinski definition) is 2. The summed E-state index contributed by atoms with van der Waals surface area (Å²) in [6.07, 6.45) is 9.28. The molecule has 0 radical (unpaired) electrons. The van der Waals surface area contributed by atoms with Crippen molar-refractivity contribution < 1.29 is 0 Å². The van der Waals surface area contributed by atoms with Crippen LogP contribution in [0.2, 0.25) is 0 Å². The SMILES string of the molecule is CCCCCCCCc1ccc(C(c2ccc(N(C)C)cc2)c2ccc(N(C)C)cc2)cc1. The van der Waals surface area contributed by atoms with Gasteiger partial charge in [-0.05, 0) is 59.4 Å². The summed E-state index contributed by atoms with van der Waals surface area (Å²) >= 11 is 0. The Morgan fingerprint density at radius 2 is 0.909 bits per heavy atom. The van der Waals surface area contributed by atoms with Crippen LogP contribution in [-0.4, -0.2) is 28.2 Å². The molecule has 0 bridgehead atoms. The van der Waals surface area contributed by atoms with Gasteiger partial charge in [0.15, 0.2) is 0 Å². The summed E-state index contributed by atoms with van der Waals surface area (Å²) in [4.78, 5) is 4.31. The van der Waals surface area contributed by atoms with E-state index in [1.165, 1.54) is 78.6 Å². The molecule has 0 spiro atoms. The lowest BCUT2D eigenvalue weighted by molar-refractivity contribution is 0.607. The minimum absolute atomic E-state index is 0.237. The first-order valence-corrected chi connectivity index (χ1v) is 12.6. The number of nitrogens with zero attached hydrogens (tertiary/aromatic N) is 2. The molecule has 0 saturated carbocycles. The molecule has 0 heterocycles.